The van der Waals surface area contributed by atoms with Gasteiger partial charge in [-0.2, -0.15) is 0 Å². The van der Waals surface area contributed by atoms with Gasteiger partial charge in [-0.3, -0.25) is 5.41 Å². The van der Waals surface area contributed by atoms with Gasteiger partial charge in [-0.1, -0.05) is 12.2 Å². The fraction of sp³-hybridized carbons (Fsp3) is 0.429. The van der Waals surface area contributed by atoms with Gasteiger partial charge in [-0.25, -0.2) is 9.98 Å². The smallest absolute Gasteiger partial charge is 0.131 e. The number of pyridine rings is 1. The lowest BCUT2D eigenvalue weighted by Gasteiger charge is -2.12. The third kappa shape index (κ3) is 5.20. The number of anilines is 2. The molecule has 0 aliphatic heterocycles. The van der Waals surface area contributed by atoms with Gasteiger partial charge in [0, 0.05) is 6.42 Å². The van der Waals surface area contributed by atoms with E-state index in [4.69, 9.17) is 23.4 Å². The molecule has 0 aromatic carbocycles. The Kier molecular flexibility index (Phi) is 5.35. The van der Waals surface area contributed by atoms with Crippen molar-refractivity contribution in [1.29, 1.82) is 5.41 Å². The van der Waals surface area contributed by atoms with Crippen molar-refractivity contribution in [3.05, 3.63) is 18.3 Å². The fourth-order valence-corrected chi connectivity index (χ4v) is 2.16. The Labute approximate surface area is 129 Å². The predicted molar refractivity (Wildman–Crippen MR) is 91.3 cm³/mol. The van der Waals surface area contributed by atoms with E-state index < -0.39 is 0 Å². The number of amidine groups is 1. The highest BCUT2D eigenvalue weighted by atomic mass is 32.1. The van der Waals surface area contributed by atoms with Crippen molar-refractivity contribution in [1.82, 2.24) is 4.98 Å². The van der Waals surface area contributed by atoms with Gasteiger partial charge in [0.15, 0.2) is 0 Å². The summed E-state index contributed by atoms with van der Waals surface area (Å²) >= 11 is 5.31. The number of aromatic nitrogens is 1. The van der Waals surface area contributed by atoms with Crippen LogP contribution >= 0.6 is 12.2 Å². The van der Waals surface area contributed by atoms with Crippen LogP contribution in [0.2, 0.25) is 0 Å². The van der Waals surface area contributed by atoms with E-state index >= 15 is 0 Å². The summed E-state index contributed by atoms with van der Waals surface area (Å²) in [4.78, 5) is 9.02. The van der Waals surface area contributed by atoms with E-state index in [0.29, 0.717) is 11.7 Å². The van der Waals surface area contributed by atoms with Crippen LogP contribution in [0.4, 0.5) is 11.5 Å². The van der Waals surface area contributed by atoms with Gasteiger partial charge in [0.1, 0.15) is 18.0 Å². The van der Waals surface area contributed by atoms with Crippen LogP contribution in [-0.2, 0) is 0 Å². The molecular formula is C14H20N6S. The molecule has 0 spiro atoms. The first-order valence-corrected chi connectivity index (χ1v) is 7.34. The maximum absolute atomic E-state index is 7.01. The molecule has 1 saturated carbocycles. The Bertz CT molecular complexity index is 533. The van der Waals surface area contributed by atoms with E-state index in [1.54, 1.807) is 13.1 Å². The minimum absolute atomic E-state index is 0.294. The number of rotatable bonds is 6. The van der Waals surface area contributed by atoms with Crippen molar-refractivity contribution in [3.8, 4) is 0 Å². The van der Waals surface area contributed by atoms with Crippen LogP contribution < -0.4 is 16.4 Å². The number of nitrogens with two attached hydrogens (primary N) is 1. The van der Waals surface area contributed by atoms with Crippen LogP contribution in [0.5, 0.6) is 0 Å². The van der Waals surface area contributed by atoms with Gasteiger partial charge in [0.2, 0.25) is 0 Å². The van der Waals surface area contributed by atoms with Gasteiger partial charge in [-0.15, -0.1) is 0 Å². The summed E-state index contributed by atoms with van der Waals surface area (Å²) in [6.07, 6.45) is 6.20. The van der Waals surface area contributed by atoms with Crippen LogP contribution in [0.25, 0.3) is 0 Å². The molecule has 0 amide bonds. The molecule has 2 rings (SSSR count). The van der Waals surface area contributed by atoms with Gasteiger partial charge < -0.3 is 16.4 Å². The first-order chi connectivity index (χ1) is 10.1. The third-order valence-corrected chi connectivity index (χ3v) is 3.38. The second-order valence-electron chi connectivity index (χ2n) is 5.18. The molecular weight excluding hydrogens is 284 g/mol. The Balaban J connectivity index is 1.92. The molecule has 5 N–H and O–H groups in total. The second kappa shape index (κ2) is 7.24. The normalized spacial score (nSPS) is 16.2. The predicted octanol–water partition coefficient (Wildman–Crippen LogP) is 2.39. The number of nitrogens with zero attached hydrogens (tertiary/aromatic N) is 2. The third-order valence-electron chi connectivity index (χ3n) is 3.11. The molecule has 1 aromatic rings. The van der Waals surface area contributed by atoms with Crippen molar-refractivity contribution >= 4 is 40.9 Å². The average Bonchev–Trinajstić information content (AvgIpc) is 3.24. The molecule has 6 nitrogen and oxygen atoms in total. The zero-order valence-corrected chi connectivity index (χ0v) is 12.8. The van der Waals surface area contributed by atoms with E-state index in [2.05, 4.69) is 20.6 Å². The number of hydrogen-bond acceptors (Lipinski definition) is 4. The highest BCUT2D eigenvalue weighted by Gasteiger charge is 2.22. The molecule has 1 aliphatic carbocycles. The lowest BCUT2D eigenvalue weighted by Crippen LogP contribution is -2.33. The van der Waals surface area contributed by atoms with Crippen LogP contribution in [0, 0.1) is 11.3 Å². The quantitative estimate of drug-likeness (QED) is 0.367. The average molecular weight is 304 g/mol. The molecule has 21 heavy (non-hydrogen) atoms. The number of hydrogen-bond donors (Lipinski definition) is 4. The Hall–Kier alpha value is -1.86. The second-order valence-corrected chi connectivity index (χ2v) is 5.68. The number of thiocarbonyl (C=S) groups is 1. The largest absolute Gasteiger partial charge is 0.349 e. The van der Waals surface area contributed by atoms with E-state index in [9.17, 15) is 0 Å². The van der Waals surface area contributed by atoms with Crippen LogP contribution in [0.3, 0.4) is 0 Å². The Morgan fingerprint density at radius 2 is 2.33 bits per heavy atom. The fourth-order valence-electron chi connectivity index (χ4n) is 1.80. The molecule has 1 fully saturated rings. The summed E-state index contributed by atoms with van der Waals surface area (Å²) in [5, 5.41) is 13.2. The van der Waals surface area contributed by atoms with Gasteiger partial charge in [0.25, 0.3) is 0 Å². The zero-order valence-electron chi connectivity index (χ0n) is 12.0. The Morgan fingerprint density at radius 1 is 1.57 bits per heavy atom. The molecule has 1 aliphatic rings. The van der Waals surface area contributed by atoms with Crippen molar-refractivity contribution in [2.45, 2.75) is 32.2 Å². The van der Waals surface area contributed by atoms with Crippen molar-refractivity contribution in [2.75, 3.05) is 10.6 Å². The number of nitrogens with one attached hydrogen (secondary N) is 3. The molecule has 7 heteroatoms. The highest BCUT2D eigenvalue weighted by Crippen LogP contribution is 2.32. The standard InChI is InChI=1S/C14H20N6S/c1-9(16)14(18-8-15)20-12-5-4-11(7-17-12)19-13(21)6-10-2-3-10/h4-5,7-10H,2-3,6,16H2,1H3,(H,19,21)(H2,15,17,18,20)/t9-/m0/s1. The van der Waals surface area contributed by atoms with Crippen LogP contribution in [0.1, 0.15) is 26.2 Å². The molecule has 112 valence electrons. The summed E-state index contributed by atoms with van der Waals surface area (Å²) in [6.45, 7) is 1.79. The minimum Gasteiger partial charge on any atom is -0.349 e. The first kappa shape index (κ1) is 15.5. The number of aliphatic imine (C=N–C) groups is 1. The van der Waals surface area contributed by atoms with Gasteiger partial charge in [0.05, 0.1) is 22.9 Å². The summed E-state index contributed by atoms with van der Waals surface area (Å²) in [7, 11) is 0. The topological polar surface area (TPSA) is 99.2 Å². The molecule has 1 atom stereocenters. The minimum atomic E-state index is -0.294. The van der Waals surface area contributed by atoms with Crippen LogP contribution in [-0.4, -0.2) is 28.2 Å². The van der Waals surface area contributed by atoms with E-state index in [0.717, 1.165) is 29.4 Å². The molecule has 1 heterocycles. The maximum atomic E-state index is 7.01. The lowest BCUT2D eigenvalue weighted by atomic mass is 10.3. The van der Waals surface area contributed by atoms with Crippen molar-refractivity contribution in [3.63, 3.8) is 0 Å². The SMILES string of the molecule is C[C@H](N)/C(=N/C=N)Nc1ccc(NC(=S)CC2CC2)cn1. The summed E-state index contributed by atoms with van der Waals surface area (Å²) in [6, 6.07) is 3.43. The highest BCUT2D eigenvalue weighted by molar-refractivity contribution is 7.80. The first-order valence-electron chi connectivity index (χ1n) is 6.93. The van der Waals surface area contributed by atoms with Crippen molar-refractivity contribution < 1.29 is 0 Å². The van der Waals surface area contributed by atoms with E-state index in [1.807, 2.05) is 12.1 Å². The molecule has 0 unspecified atom stereocenters. The molecule has 0 radical (unpaired) electrons. The van der Waals surface area contributed by atoms with Gasteiger partial charge in [-0.05, 0) is 37.8 Å². The summed E-state index contributed by atoms with van der Waals surface area (Å²) in [5.41, 5.74) is 6.64. The van der Waals surface area contributed by atoms with E-state index in [1.165, 1.54) is 12.8 Å². The summed E-state index contributed by atoms with van der Waals surface area (Å²) in [5.74, 6) is 1.90. The molecule has 0 saturated heterocycles. The Morgan fingerprint density at radius 3 is 2.86 bits per heavy atom. The maximum Gasteiger partial charge on any atom is 0.131 e. The lowest BCUT2D eigenvalue weighted by molar-refractivity contribution is 0.902. The van der Waals surface area contributed by atoms with Crippen molar-refractivity contribution in [2.24, 2.45) is 16.6 Å². The molecule has 1 aromatic heterocycles. The monoisotopic (exact) mass is 304 g/mol. The zero-order chi connectivity index (χ0) is 15.2. The molecule has 0 bridgehead atoms. The van der Waals surface area contributed by atoms with Crippen LogP contribution in [0.15, 0.2) is 23.3 Å². The summed E-state index contributed by atoms with van der Waals surface area (Å²) < 4.78 is 0. The van der Waals surface area contributed by atoms with E-state index in [-0.39, 0.29) is 6.04 Å². The van der Waals surface area contributed by atoms with Gasteiger partial charge >= 0.3 is 0 Å².